The highest BCUT2D eigenvalue weighted by Gasteiger charge is 2.19. The predicted molar refractivity (Wildman–Crippen MR) is 74.7 cm³/mol. The maximum absolute atomic E-state index is 6.23. The van der Waals surface area contributed by atoms with E-state index in [2.05, 4.69) is 23.9 Å². The van der Waals surface area contributed by atoms with Crippen LogP contribution in [0, 0.1) is 5.92 Å². The van der Waals surface area contributed by atoms with Gasteiger partial charge < -0.3 is 10.5 Å². The number of rotatable bonds is 6. The molecule has 2 N–H and O–H groups in total. The first-order valence-electron chi connectivity index (χ1n) is 7.39. The van der Waals surface area contributed by atoms with Crippen molar-refractivity contribution in [1.29, 1.82) is 0 Å². The van der Waals surface area contributed by atoms with Crippen LogP contribution in [0.5, 0.6) is 0 Å². The molecule has 0 radical (unpaired) electrons. The van der Waals surface area contributed by atoms with Gasteiger partial charge in [0.05, 0.1) is 6.10 Å². The third-order valence-corrected chi connectivity index (χ3v) is 3.52. The summed E-state index contributed by atoms with van der Waals surface area (Å²) in [4.78, 5) is 4.33. The van der Waals surface area contributed by atoms with Gasteiger partial charge in [-0.15, -0.1) is 0 Å². The molecule has 0 aliphatic carbocycles. The van der Waals surface area contributed by atoms with Crippen LogP contribution in [0.3, 0.4) is 0 Å². The zero-order valence-corrected chi connectivity index (χ0v) is 12.1. The van der Waals surface area contributed by atoms with E-state index in [-0.39, 0.29) is 6.04 Å². The average molecular weight is 266 g/mol. The van der Waals surface area contributed by atoms with Crippen LogP contribution in [-0.2, 0) is 17.7 Å². The van der Waals surface area contributed by atoms with Crippen molar-refractivity contribution in [2.24, 2.45) is 11.7 Å². The van der Waals surface area contributed by atoms with Crippen LogP contribution in [0.25, 0.3) is 0 Å². The SMILES string of the molecule is CC(C)Cn1ncnc1CC(N)CC1CCCCO1. The van der Waals surface area contributed by atoms with Gasteiger partial charge in [0.25, 0.3) is 0 Å². The fourth-order valence-electron chi connectivity index (χ4n) is 2.59. The first-order chi connectivity index (χ1) is 9.15. The van der Waals surface area contributed by atoms with Gasteiger partial charge in [-0.25, -0.2) is 9.67 Å². The van der Waals surface area contributed by atoms with Crippen molar-refractivity contribution in [3.63, 3.8) is 0 Å². The fourth-order valence-corrected chi connectivity index (χ4v) is 2.59. The highest BCUT2D eigenvalue weighted by Crippen LogP contribution is 2.17. The second-order valence-electron chi connectivity index (χ2n) is 5.94. The van der Waals surface area contributed by atoms with Gasteiger partial charge in [-0.05, 0) is 31.6 Å². The lowest BCUT2D eigenvalue weighted by Gasteiger charge is -2.25. The van der Waals surface area contributed by atoms with E-state index in [0.717, 1.165) is 38.2 Å². The Labute approximate surface area is 115 Å². The minimum absolute atomic E-state index is 0.109. The lowest BCUT2D eigenvalue weighted by atomic mass is 10.0. The van der Waals surface area contributed by atoms with Crippen LogP contribution in [0.2, 0.25) is 0 Å². The zero-order chi connectivity index (χ0) is 13.7. The van der Waals surface area contributed by atoms with Crippen LogP contribution in [0.15, 0.2) is 6.33 Å². The summed E-state index contributed by atoms with van der Waals surface area (Å²) in [6, 6.07) is 0.109. The number of aromatic nitrogens is 3. The molecular weight excluding hydrogens is 240 g/mol. The van der Waals surface area contributed by atoms with Gasteiger partial charge in [0, 0.05) is 25.6 Å². The van der Waals surface area contributed by atoms with E-state index in [1.807, 2.05) is 4.68 Å². The second kappa shape index (κ2) is 7.01. The fraction of sp³-hybridized carbons (Fsp3) is 0.857. The Morgan fingerprint density at radius 2 is 2.32 bits per heavy atom. The molecular formula is C14H26N4O. The molecule has 2 unspecified atom stereocenters. The van der Waals surface area contributed by atoms with Crippen LogP contribution in [0.4, 0.5) is 0 Å². The van der Waals surface area contributed by atoms with E-state index in [9.17, 15) is 0 Å². The Kier molecular flexibility index (Phi) is 5.34. The summed E-state index contributed by atoms with van der Waals surface area (Å²) >= 11 is 0. The van der Waals surface area contributed by atoms with E-state index in [4.69, 9.17) is 10.5 Å². The molecule has 2 rings (SSSR count). The van der Waals surface area contributed by atoms with Crippen LogP contribution >= 0.6 is 0 Å². The van der Waals surface area contributed by atoms with Crippen LogP contribution in [0.1, 0.15) is 45.4 Å². The Balaban J connectivity index is 1.84. The number of nitrogens with zero attached hydrogens (tertiary/aromatic N) is 3. The minimum Gasteiger partial charge on any atom is -0.378 e. The maximum Gasteiger partial charge on any atom is 0.138 e. The molecule has 1 aromatic heterocycles. The second-order valence-corrected chi connectivity index (χ2v) is 5.94. The van der Waals surface area contributed by atoms with Crippen molar-refractivity contribution in [2.45, 2.75) is 64.6 Å². The smallest absolute Gasteiger partial charge is 0.138 e. The molecule has 5 nitrogen and oxygen atoms in total. The van der Waals surface area contributed by atoms with E-state index in [1.165, 1.54) is 12.8 Å². The molecule has 2 atom stereocenters. The van der Waals surface area contributed by atoms with Gasteiger partial charge in [0.1, 0.15) is 12.2 Å². The van der Waals surface area contributed by atoms with Crippen molar-refractivity contribution >= 4 is 0 Å². The summed E-state index contributed by atoms with van der Waals surface area (Å²) in [7, 11) is 0. The molecule has 1 saturated heterocycles. The lowest BCUT2D eigenvalue weighted by molar-refractivity contribution is 0.00732. The number of nitrogens with two attached hydrogens (primary N) is 1. The van der Waals surface area contributed by atoms with Crippen LogP contribution in [-0.4, -0.2) is 33.5 Å². The molecule has 19 heavy (non-hydrogen) atoms. The maximum atomic E-state index is 6.23. The minimum atomic E-state index is 0.109. The Hall–Kier alpha value is -0.940. The summed E-state index contributed by atoms with van der Waals surface area (Å²) in [5.41, 5.74) is 6.23. The van der Waals surface area contributed by atoms with E-state index < -0.39 is 0 Å². The highest BCUT2D eigenvalue weighted by molar-refractivity contribution is 4.90. The summed E-state index contributed by atoms with van der Waals surface area (Å²) in [5, 5.41) is 4.27. The molecule has 108 valence electrons. The van der Waals surface area contributed by atoms with E-state index in [1.54, 1.807) is 6.33 Å². The van der Waals surface area contributed by atoms with Crippen molar-refractivity contribution in [3.05, 3.63) is 12.2 Å². The standard InChI is InChI=1S/C14H26N4O/c1-11(2)9-18-14(16-10-17-18)8-12(15)7-13-5-3-4-6-19-13/h10-13H,3-9,15H2,1-2H3. The molecule has 0 amide bonds. The highest BCUT2D eigenvalue weighted by atomic mass is 16.5. The van der Waals surface area contributed by atoms with Gasteiger partial charge >= 0.3 is 0 Å². The van der Waals surface area contributed by atoms with Crippen molar-refractivity contribution in [1.82, 2.24) is 14.8 Å². The van der Waals surface area contributed by atoms with Gasteiger partial charge in [0.15, 0.2) is 0 Å². The molecule has 1 fully saturated rings. The third kappa shape index (κ3) is 4.58. The molecule has 0 aromatic carbocycles. The summed E-state index contributed by atoms with van der Waals surface area (Å²) in [5.74, 6) is 1.57. The Bertz CT molecular complexity index is 371. The number of hydrogen-bond acceptors (Lipinski definition) is 4. The Morgan fingerprint density at radius 3 is 3.00 bits per heavy atom. The normalized spacial score (nSPS) is 21.8. The molecule has 0 spiro atoms. The molecule has 1 aliphatic rings. The summed E-state index contributed by atoms with van der Waals surface area (Å²) < 4.78 is 7.72. The summed E-state index contributed by atoms with van der Waals surface area (Å²) in [6.07, 6.45) is 7.27. The molecule has 0 saturated carbocycles. The first-order valence-corrected chi connectivity index (χ1v) is 7.39. The van der Waals surface area contributed by atoms with Crippen molar-refractivity contribution in [2.75, 3.05) is 6.61 Å². The Morgan fingerprint density at radius 1 is 1.47 bits per heavy atom. The number of ether oxygens (including phenoxy) is 1. The van der Waals surface area contributed by atoms with Gasteiger partial charge in [-0.3, -0.25) is 0 Å². The molecule has 1 aliphatic heterocycles. The average Bonchev–Trinajstić information content (AvgIpc) is 2.77. The monoisotopic (exact) mass is 266 g/mol. The van der Waals surface area contributed by atoms with E-state index in [0.29, 0.717) is 12.0 Å². The zero-order valence-electron chi connectivity index (χ0n) is 12.1. The van der Waals surface area contributed by atoms with Gasteiger partial charge in [-0.1, -0.05) is 13.8 Å². The molecule has 5 heteroatoms. The largest absolute Gasteiger partial charge is 0.378 e. The topological polar surface area (TPSA) is 66.0 Å². The molecule has 2 heterocycles. The van der Waals surface area contributed by atoms with Gasteiger partial charge in [-0.2, -0.15) is 5.10 Å². The van der Waals surface area contributed by atoms with E-state index >= 15 is 0 Å². The third-order valence-electron chi connectivity index (χ3n) is 3.52. The lowest BCUT2D eigenvalue weighted by Crippen LogP contribution is -2.32. The van der Waals surface area contributed by atoms with Crippen molar-refractivity contribution < 1.29 is 4.74 Å². The number of hydrogen-bond donors (Lipinski definition) is 1. The quantitative estimate of drug-likeness (QED) is 0.852. The van der Waals surface area contributed by atoms with Gasteiger partial charge in [0.2, 0.25) is 0 Å². The van der Waals surface area contributed by atoms with Crippen LogP contribution < -0.4 is 5.73 Å². The molecule has 0 bridgehead atoms. The summed E-state index contributed by atoms with van der Waals surface area (Å²) in [6.45, 7) is 6.16. The first kappa shape index (κ1) is 14.5. The van der Waals surface area contributed by atoms with Crippen molar-refractivity contribution in [3.8, 4) is 0 Å². The predicted octanol–water partition coefficient (Wildman–Crippen LogP) is 1.76. The molecule has 1 aromatic rings.